The van der Waals surface area contributed by atoms with Gasteiger partial charge in [-0.25, -0.2) is 29.5 Å². The summed E-state index contributed by atoms with van der Waals surface area (Å²) in [6, 6.07) is 28.1. The molecule has 5 heterocycles. The summed E-state index contributed by atoms with van der Waals surface area (Å²) in [4.78, 5) is 50.3. The summed E-state index contributed by atoms with van der Waals surface area (Å²) in [6.07, 6.45) is 2.09. The topological polar surface area (TPSA) is 143 Å². The summed E-state index contributed by atoms with van der Waals surface area (Å²) >= 11 is 16.5. The first-order valence-corrected chi connectivity index (χ1v) is 25.0. The lowest BCUT2D eigenvalue weighted by Crippen LogP contribution is -1.95. The van der Waals surface area contributed by atoms with Gasteiger partial charge in [0.15, 0.2) is 21.0 Å². The van der Waals surface area contributed by atoms with Crippen LogP contribution in [0.3, 0.4) is 0 Å². The molecule has 11 nitrogen and oxygen atoms in total. The third-order valence-electron chi connectivity index (χ3n) is 8.83. The van der Waals surface area contributed by atoms with E-state index in [4.69, 9.17) is 37.1 Å². The number of hydrogen-bond acceptors (Lipinski definition) is 11. The fraction of sp³-hybridized carbons (Fsp3) is 0.191. The highest BCUT2D eigenvalue weighted by Gasteiger charge is 2.08. The third kappa shape index (κ3) is 13.9. The first-order valence-electron chi connectivity index (χ1n) is 19.8. The minimum absolute atomic E-state index is 0.0396. The standard InChI is InChI=1S/C12H12N2S.C12H16N2S.C8H3BrN2S.C8H4N2OS.C7H4ClNOS/c1-8(2)6-12-14-10-7-9(13-3)4-5-11(10)15-12;1-8(2)5-12-14-10-6-9(7-13)3-4-11(10)15-12;1-10-5-2-3-7-6(4-5)11-8(9)12-7;1-9-5-2-3-7-6(4-5)10-8(11)12-7;8-4-1-2-6-5(3-4)9-7(10)11-6/h4-5,7-8H,6H2,1-2H3;3-4,6,8H,5,7,13H2,1-2H3;2-4H;2-4H,(H,10,11);1-3H,(H,9,10). The summed E-state index contributed by atoms with van der Waals surface area (Å²) < 4.78 is 6.25. The number of hydrogen-bond donors (Lipinski definition) is 3. The number of rotatable bonds is 5. The Balaban J connectivity index is 0.000000135. The summed E-state index contributed by atoms with van der Waals surface area (Å²) in [5.74, 6) is 1.30. The Labute approximate surface area is 407 Å². The molecule has 0 fully saturated rings. The van der Waals surface area contributed by atoms with E-state index in [9.17, 15) is 9.59 Å². The monoisotopic (exact) mass is 1040 g/mol. The first kappa shape index (κ1) is 48.8. The van der Waals surface area contributed by atoms with Gasteiger partial charge in [0.1, 0.15) is 0 Å². The van der Waals surface area contributed by atoms with Crippen LogP contribution in [0.4, 0.5) is 17.1 Å². The van der Waals surface area contributed by atoms with Gasteiger partial charge in [0.05, 0.1) is 75.3 Å². The van der Waals surface area contributed by atoms with Crippen LogP contribution in [0.2, 0.25) is 5.02 Å². The minimum Gasteiger partial charge on any atom is -0.326 e. The fourth-order valence-electron chi connectivity index (χ4n) is 5.94. The van der Waals surface area contributed by atoms with Crippen LogP contribution in [0.25, 0.3) is 65.6 Å². The average molecular weight is 1040 g/mol. The van der Waals surface area contributed by atoms with Gasteiger partial charge >= 0.3 is 9.75 Å². The highest BCUT2D eigenvalue weighted by molar-refractivity contribution is 9.11. The number of nitrogens with zero attached hydrogens (tertiary/aromatic N) is 6. The van der Waals surface area contributed by atoms with Crippen molar-refractivity contribution in [3.05, 3.63) is 169 Å². The average Bonchev–Trinajstić information content (AvgIpc) is 4.11. The number of thiazole rings is 5. The van der Waals surface area contributed by atoms with E-state index in [0.29, 0.717) is 40.5 Å². The molecule has 0 aliphatic carbocycles. The molecule has 0 spiro atoms. The number of aromatic amines is 2. The van der Waals surface area contributed by atoms with E-state index in [-0.39, 0.29) is 9.75 Å². The lowest BCUT2D eigenvalue weighted by atomic mass is 10.1. The van der Waals surface area contributed by atoms with E-state index in [1.807, 2.05) is 30.3 Å². The van der Waals surface area contributed by atoms with E-state index < -0.39 is 0 Å². The summed E-state index contributed by atoms with van der Waals surface area (Å²) in [6.45, 7) is 29.9. The maximum Gasteiger partial charge on any atom is 0.305 e. The zero-order valence-corrected chi connectivity index (χ0v) is 41.7. The van der Waals surface area contributed by atoms with Gasteiger partial charge in [-0.3, -0.25) is 9.59 Å². The van der Waals surface area contributed by atoms with E-state index in [1.165, 1.54) is 30.8 Å². The van der Waals surface area contributed by atoms with Gasteiger partial charge in [-0.15, -0.1) is 34.0 Å². The quantitative estimate of drug-likeness (QED) is 0.147. The Morgan fingerprint density at radius 1 is 0.585 bits per heavy atom. The number of halogens is 2. The van der Waals surface area contributed by atoms with Gasteiger partial charge in [0, 0.05) is 29.9 Å². The van der Waals surface area contributed by atoms with E-state index >= 15 is 0 Å². The lowest BCUT2D eigenvalue weighted by Gasteiger charge is -1.97. The van der Waals surface area contributed by atoms with Gasteiger partial charge in [0.25, 0.3) is 0 Å². The largest absolute Gasteiger partial charge is 0.326 e. The molecule has 0 radical (unpaired) electrons. The second-order valence-corrected chi connectivity index (χ2v) is 21.9. The number of benzene rings is 5. The zero-order chi connectivity index (χ0) is 46.6. The molecule has 0 saturated carbocycles. The van der Waals surface area contributed by atoms with Crippen molar-refractivity contribution in [2.45, 2.75) is 47.1 Å². The van der Waals surface area contributed by atoms with Crippen LogP contribution in [0, 0.1) is 31.6 Å². The molecule has 0 unspecified atom stereocenters. The molecular formula is C47H39BrClN9O2S5. The van der Waals surface area contributed by atoms with Gasteiger partial charge in [-0.05, 0) is 81.9 Å². The maximum atomic E-state index is 10.9. The number of nitrogens with one attached hydrogen (secondary N) is 2. The first-order chi connectivity index (χ1) is 31.2. The minimum atomic E-state index is -0.0767. The molecule has 4 N–H and O–H groups in total. The highest BCUT2D eigenvalue weighted by Crippen LogP contribution is 2.30. The molecule has 10 rings (SSSR count). The highest BCUT2D eigenvalue weighted by atomic mass is 79.9. The normalized spacial score (nSPS) is 10.6. The van der Waals surface area contributed by atoms with Crippen LogP contribution in [0.1, 0.15) is 43.3 Å². The molecule has 0 aliphatic rings. The molecule has 18 heteroatoms. The van der Waals surface area contributed by atoms with Crippen LogP contribution >= 0.6 is 84.2 Å². The zero-order valence-electron chi connectivity index (χ0n) is 35.3. The molecule has 0 aliphatic heterocycles. The van der Waals surface area contributed by atoms with Crippen LogP contribution in [0.5, 0.6) is 0 Å². The summed E-state index contributed by atoms with van der Waals surface area (Å²) in [5, 5.41) is 3.04. The SMILES string of the molecule is CC(C)Cc1nc2cc(CN)ccc2s1.O=c1[nH]c2cc(Cl)ccc2s1.[C-]#[N+]c1ccc2sc(=O)[nH]c2c1.[C-]#[N+]c1ccc2sc(Br)nc2c1.[C-]#[N+]c1ccc2sc(CC(C)C)nc2c1. The van der Waals surface area contributed by atoms with Crippen molar-refractivity contribution in [3.8, 4) is 0 Å². The number of nitrogens with two attached hydrogens (primary N) is 1. The number of H-pyrrole nitrogens is 2. The summed E-state index contributed by atoms with van der Waals surface area (Å²) in [5.41, 5.74) is 13.1. The van der Waals surface area contributed by atoms with Crippen molar-refractivity contribution in [2.75, 3.05) is 0 Å². The Bertz CT molecular complexity index is 3490. The van der Waals surface area contributed by atoms with Crippen LogP contribution in [-0.2, 0) is 19.4 Å². The molecule has 5 aromatic heterocycles. The molecule has 0 bridgehead atoms. The van der Waals surface area contributed by atoms with Crippen molar-refractivity contribution in [2.24, 2.45) is 17.6 Å². The lowest BCUT2D eigenvalue weighted by molar-refractivity contribution is 0.645. The molecule has 0 atom stereocenters. The molecule has 0 amide bonds. The van der Waals surface area contributed by atoms with Crippen molar-refractivity contribution >= 4 is 152 Å². The summed E-state index contributed by atoms with van der Waals surface area (Å²) in [7, 11) is 0. The molecule has 65 heavy (non-hydrogen) atoms. The smallest absolute Gasteiger partial charge is 0.305 e. The number of aromatic nitrogens is 5. The van der Waals surface area contributed by atoms with Gasteiger partial charge in [0.2, 0.25) is 0 Å². The van der Waals surface area contributed by atoms with Crippen LogP contribution < -0.4 is 15.5 Å². The predicted octanol–water partition coefficient (Wildman–Crippen LogP) is 15.0. The Morgan fingerprint density at radius 3 is 1.52 bits per heavy atom. The van der Waals surface area contributed by atoms with Crippen molar-refractivity contribution in [3.63, 3.8) is 0 Å². The van der Waals surface area contributed by atoms with Crippen LogP contribution in [-0.4, -0.2) is 24.9 Å². The van der Waals surface area contributed by atoms with Crippen molar-refractivity contribution in [1.29, 1.82) is 0 Å². The molecular weight excluding hydrogens is 998 g/mol. The maximum absolute atomic E-state index is 10.9. The Hall–Kier alpha value is -5.65. The third-order valence-corrected chi connectivity index (χ3v) is 14.4. The molecule has 5 aromatic carbocycles. The molecule has 10 aromatic rings. The van der Waals surface area contributed by atoms with E-state index in [1.54, 1.807) is 76.5 Å². The Kier molecular flexibility index (Phi) is 17.3. The van der Waals surface area contributed by atoms with Gasteiger partial charge in [-0.1, -0.05) is 104 Å². The van der Waals surface area contributed by atoms with Gasteiger partial charge in [-0.2, -0.15) is 0 Å². The van der Waals surface area contributed by atoms with E-state index in [0.717, 1.165) is 75.3 Å². The van der Waals surface area contributed by atoms with Crippen LogP contribution in [0.15, 0.2) is 105 Å². The fourth-order valence-corrected chi connectivity index (χ4v) is 11.3. The van der Waals surface area contributed by atoms with Crippen molar-refractivity contribution < 1.29 is 0 Å². The predicted molar refractivity (Wildman–Crippen MR) is 280 cm³/mol. The second kappa shape index (κ2) is 23.0. The molecule has 0 saturated heterocycles. The van der Waals surface area contributed by atoms with Gasteiger partial charge < -0.3 is 15.7 Å². The number of fused-ring (bicyclic) bond motifs is 5. The molecule has 328 valence electrons. The second-order valence-electron chi connectivity index (χ2n) is 14.9. The van der Waals surface area contributed by atoms with Crippen molar-refractivity contribution in [1.82, 2.24) is 24.9 Å². The van der Waals surface area contributed by atoms with E-state index in [2.05, 4.69) is 101 Å². The Morgan fingerprint density at radius 2 is 1.02 bits per heavy atom.